The number of halogens is 3. The number of likely N-dealkylation sites (tertiary alicyclic amines) is 1. The molecule has 4 heterocycles. The topological polar surface area (TPSA) is 120 Å². The Morgan fingerprint density at radius 2 is 1.83 bits per heavy atom. The van der Waals surface area contributed by atoms with Crippen LogP contribution in [-0.2, 0) is 16.1 Å². The van der Waals surface area contributed by atoms with Crippen molar-refractivity contribution in [3.05, 3.63) is 40.1 Å². The van der Waals surface area contributed by atoms with Gasteiger partial charge in [0.05, 0.1) is 35.2 Å². The summed E-state index contributed by atoms with van der Waals surface area (Å²) in [5.41, 5.74) is 0.958. The van der Waals surface area contributed by atoms with Gasteiger partial charge in [-0.3, -0.25) is 14.5 Å². The molecule has 14 heteroatoms. The highest BCUT2D eigenvalue weighted by molar-refractivity contribution is 7.09. The first-order valence-electron chi connectivity index (χ1n) is 10.7. The molecule has 2 fully saturated rings. The molecule has 35 heavy (non-hydrogen) atoms. The van der Waals surface area contributed by atoms with Crippen LogP contribution in [0.25, 0.3) is 0 Å². The molecule has 2 aliphatic rings. The third-order valence-electron chi connectivity index (χ3n) is 6.09. The van der Waals surface area contributed by atoms with Crippen LogP contribution in [0, 0.1) is 6.92 Å². The summed E-state index contributed by atoms with van der Waals surface area (Å²) in [5, 5.41) is 17.7. The number of thiazole rings is 1. The lowest BCUT2D eigenvalue weighted by atomic mass is 9.82. The molecule has 0 atom stereocenters. The Morgan fingerprint density at radius 1 is 1.17 bits per heavy atom. The van der Waals surface area contributed by atoms with Gasteiger partial charge in [0.1, 0.15) is 5.54 Å². The molecule has 0 radical (unpaired) electrons. The summed E-state index contributed by atoms with van der Waals surface area (Å²) in [4.78, 5) is 45.4. The number of piperazine rings is 1. The molecule has 0 aliphatic carbocycles. The van der Waals surface area contributed by atoms with E-state index in [0.29, 0.717) is 44.6 Å². The van der Waals surface area contributed by atoms with E-state index in [1.165, 1.54) is 12.4 Å². The van der Waals surface area contributed by atoms with E-state index in [1.54, 1.807) is 17.4 Å². The van der Waals surface area contributed by atoms with Crippen LogP contribution in [0.3, 0.4) is 0 Å². The monoisotopic (exact) mass is 514 g/mol. The van der Waals surface area contributed by atoms with Gasteiger partial charge in [0.15, 0.2) is 0 Å². The molecule has 2 aromatic rings. The van der Waals surface area contributed by atoms with E-state index in [1.807, 2.05) is 29.2 Å². The average Bonchev–Trinajstić information content (AvgIpc) is 3.24. The van der Waals surface area contributed by atoms with Crippen molar-refractivity contribution in [3.8, 4) is 0 Å². The zero-order valence-electron chi connectivity index (χ0n) is 19.2. The first-order valence-corrected chi connectivity index (χ1v) is 11.6. The largest absolute Gasteiger partial charge is 0.490 e. The number of alkyl halides is 3. The predicted octanol–water partition coefficient (Wildman–Crippen LogP) is 1.82. The lowest BCUT2D eigenvalue weighted by Gasteiger charge is -2.51. The summed E-state index contributed by atoms with van der Waals surface area (Å²) in [5.74, 6) is -2.65. The average molecular weight is 515 g/mol. The van der Waals surface area contributed by atoms with Crippen LogP contribution in [0.4, 0.5) is 13.2 Å². The molecule has 0 aromatic carbocycles. The van der Waals surface area contributed by atoms with Gasteiger partial charge in [0.2, 0.25) is 5.91 Å². The van der Waals surface area contributed by atoms with E-state index >= 15 is 0 Å². The molecule has 2 aromatic heterocycles. The number of aliphatic carboxylic acids is 1. The zero-order chi connectivity index (χ0) is 25.8. The van der Waals surface area contributed by atoms with Crippen molar-refractivity contribution in [3.63, 3.8) is 0 Å². The number of amides is 2. The minimum atomic E-state index is -5.08. The number of aromatic nitrogens is 3. The van der Waals surface area contributed by atoms with Crippen molar-refractivity contribution in [2.45, 2.75) is 38.0 Å². The molecule has 10 nitrogen and oxygen atoms in total. The van der Waals surface area contributed by atoms with Crippen molar-refractivity contribution in [2.24, 2.45) is 0 Å². The Balaban J connectivity index is 0.000000429. The first-order chi connectivity index (χ1) is 16.4. The van der Waals surface area contributed by atoms with Crippen LogP contribution in [-0.4, -0.2) is 97.7 Å². The summed E-state index contributed by atoms with van der Waals surface area (Å²) >= 11 is 1.61. The second-order valence-electron chi connectivity index (χ2n) is 8.26. The van der Waals surface area contributed by atoms with Gasteiger partial charge in [0.25, 0.3) is 5.91 Å². The first kappa shape index (κ1) is 26.5. The van der Waals surface area contributed by atoms with Gasteiger partial charge in [-0.2, -0.15) is 23.4 Å². The highest BCUT2D eigenvalue weighted by atomic mass is 32.1. The van der Waals surface area contributed by atoms with Gasteiger partial charge < -0.3 is 14.9 Å². The van der Waals surface area contributed by atoms with E-state index in [2.05, 4.69) is 20.1 Å². The highest BCUT2D eigenvalue weighted by Gasteiger charge is 2.49. The Bertz CT molecular complexity index is 1060. The van der Waals surface area contributed by atoms with E-state index in [4.69, 9.17) is 9.90 Å². The second kappa shape index (κ2) is 10.6. The predicted molar refractivity (Wildman–Crippen MR) is 118 cm³/mol. The molecule has 190 valence electrons. The molecule has 1 spiro atoms. The molecule has 2 amide bonds. The third-order valence-corrected chi connectivity index (χ3v) is 6.91. The molecule has 2 aliphatic heterocycles. The van der Waals surface area contributed by atoms with E-state index < -0.39 is 17.7 Å². The number of nitrogens with zero attached hydrogens (tertiary/aromatic N) is 6. The fourth-order valence-electron chi connectivity index (χ4n) is 4.15. The van der Waals surface area contributed by atoms with Crippen LogP contribution < -0.4 is 0 Å². The summed E-state index contributed by atoms with van der Waals surface area (Å²) in [7, 11) is 2.02. The number of carboxylic acid groups (broad SMARTS) is 1. The van der Waals surface area contributed by atoms with Gasteiger partial charge in [-0.1, -0.05) is 0 Å². The SMILES string of the molecule is Cc1nc(CN2CCN(C)C3(CCN(C(=O)c4ccnnc4)CC3)C2=O)cs1.O=C(O)C(F)(F)F. The Kier molecular flexibility index (Phi) is 8.05. The Labute approximate surface area is 203 Å². The van der Waals surface area contributed by atoms with Gasteiger partial charge >= 0.3 is 12.1 Å². The number of carbonyl (C=O) groups is 3. The maximum absolute atomic E-state index is 13.4. The number of hydrogen-bond donors (Lipinski definition) is 1. The highest BCUT2D eigenvalue weighted by Crippen LogP contribution is 2.34. The maximum atomic E-state index is 13.4. The molecule has 1 N–H and O–H groups in total. The Morgan fingerprint density at radius 3 is 2.34 bits per heavy atom. The van der Waals surface area contributed by atoms with Crippen molar-refractivity contribution >= 4 is 29.1 Å². The lowest BCUT2D eigenvalue weighted by Crippen LogP contribution is -2.67. The second-order valence-corrected chi connectivity index (χ2v) is 9.33. The van der Waals surface area contributed by atoms with Gasteiger partial charge in [0, 0.05) is 31.6 Å². The van der Waals surface area contributed by atoms with Gasteiger partial charge in [-0.25, -0.2) is 9.78 Å². The summed E-state index contributed by atoms with van der Waals surface area (Å²) in [6.45, 7) is 5.19. The molecule has 0 saturated carbocycles. The number of likely N-dealkylation sites (N-methyl/N-ethyl adjacent to an activating group) is 1. The van der Waals surface area contributed by atoms with Crippen LogP contribution in [0.2, 0.25) is 0 Å². The number of carbonyl (C=O) groups excluding carboxylic acids is 2. The molecule has 4 rings (SSSR count). The fraction of sp³-hybridized carbons (Fsp3) is 0.524. The summed E-state index contributed by atoms with van der Waals surface area (Å²) < 4.78 is 31.7. The maximum Gasteiger partial charge on any atom is 0.490 e. The van der Waals surface area contributed by atoms with Crippen LogP contribution in [0.1, 0.15) is 33.9 Å². The number of hydrogen-bond acceptors (Lipinski definition) is 8. The number of aryl methyl sites for hydroxylation is 1. The standard InChI is InChI=1S/C19H24N6O2S.C2HF3O2/c1-14-22-16(13-28-14)12-25-10-9-23(2)19(18(25)27)4-7-24(8-5-19)17(26)15-3-6-20-21-11-15;3-2(4,5)1(6)7/h3,6,11,13H,4-5,7-10,12H2,1-2H3;(H,6,7). The van der Waals surface area contributed by atoms with Gasteiger partial charge in [-0.05, 0) is 32.9 Å². The summed E-state index contributed by atoms with van der Waals surface area (Å²) in [6.07, 6.45) is -0.796. The number of piperidine rings is 1. The fourth-order valence-corrected chi connectivity index (χ4v) is 4.75. The molecular weight excluding hydrogens is 489 g/mol. The smallest absolute Gasteiger partial charge is 0.475 e. The van der Waals surface area contributed by atoms with Crippen molar-refractivity contribution < 1.29 is 32.7 Å². The number of rotatable bonds is 3. The van der Waals surface area contributed by atoms with E-state index in [0.717, 1.165) is 17.2 Å². The van der Waals surface area contributed by atoms with E-state index in [-0.39, 0.29) is 11.8 Å². The molecule has 0 bridgehead atoms. The van der Waals surface area contributed by atoms with Crippen LogP contribution in [0.15, 0.2) is 23.8 Å². The lowest BCUT2D eigenvalue weighted by molar-refractivity contribution is -0.192. The van der Waals surface area contributed by atoms with Crippen molar-refractivity contribution in [1.29, 1.82) is 0 Å². The minimum Gasteiger partial charge on any atom is -0.475 e. The van der Waals surface area contributed by atoms with Crippen molar-refractivity contribution in [1.82, 2.24) is 29.9 Å². The summed E-state index contributed by atoms with van der Waals surface area (Å²) in [6, 6.07) is 1.68. The number of carboxylic acids is 1. The Hall–Kier alpha value is -3.13. The molecule has 2 saturated heterocycles. The van der Waals surface area contributed by atoms with Crippen molar-refractivity contribution in [2.75, 3.05) is 33.2 Å². The normalized spacial score (nSPS) is 18.3. The van der Waals surface area contributed by atoms with Crippen LogP contribution in [0.5, 0.6) is 0 Å². The van der Waals surface area contributed by atoms with Crippen LogP contribution >= 0.6 is 11.3 Å². The van der Waals surface area contributed by atoms with Gasteiger partial charge in [-0.15, -0.1) is 11.3 Å². The zero-order valence-corrected chi connectivity index (χ0v) is 20.0. The third kappa shape index (κ3) is 6.11. The van der Waals surface area contributed by atoms with E-state index in [9.17, 15) is 22.8 Å². The minimum absolute atomic E-state index is 0.0505. The molecule has 0 unspecified atom stereocenters. The molecular formula is C21H25F3N6O4S. The quantitative estimate of drug-likeness (QED) is 0.659.